The molecule has 0 radical (unpaired) electrons. The van der Waals surface area contributed by atoms with Crippen LogP contribution >= 0.6 is 0 Å². The molecule has 0 unspecified atom stereocenters. The van der Waals surface area contributed by atoms with Crippen LogP contribution in [0.15, 0.2) is 77.2 Å². The van der Waals surface area contributed by atoms with Crippen molar-refractivity contribution in [3.63, 3.8) is 0 Å². The monoisotopic (exact) mass is 481 g/mol. The Labute approximate surface area is 204 Å². The van der Waals surface area contributed by atoms with Gasteiger partial charge in [0.15, 0.2) is 0 Å². The van der Waals surface area contributed by atoms with Crippen molar-refractivity contribution < 1.29 is 29.0 Å². The van der Waals surface area contributed by atoms with E-state index in [-0.39, 0.29) is 29.5 Å². The number of hydrogen-bond acceptors (Lipinski definition) is 7. The van der Waals surface area contributed by atoms with Crippen LogP contribution in [0, 0.1) is 6.92 Å². The van der Waals surface area contributed by atoms with E-state index >= 15 is 0 Å². The number of carboxylic acid groups (broad SMARTS) is 2. The van der Waals surface area contributed by atoms with Crippen LogP contribution in [0.3, 0.4) is 0 Å². The largest absolute Gasteiger partial charge is 0.488 e. The predicted octanol–water partition coefficient (Wildman–Crippen LogP) is 5.24. The maximum Gasteiger partial charge on any atom is 0.336 e. The first-order valence-electron chi connectivity index (χ1n) is 10.9. The number of aromatic carboxylic acids is 2. The maximum absolute atomic E-state index is 11.5. The summed E-state index contributed by atoms with van der Waals surface area (Å²) in [6.45, 7) is 2.09. The van der Waals surface area contributed by atoms with Gasteiger partial charge in [-0.15, -0.1) is 10.2 Å². The molecule has 2 N–H and O–H groups in total. The number of fused-ring (bicyclic) bond motifs is 1. The molecule has 178 valence electrons. The normalized spacial score (nSPS) is 10.9. The number of rotatable bonds is 7. The summed E-state index contributed by atoms with van der Waals surface area (Å²) < 4.78 is 11.8. The topological polar surface area (TPSA) is 136 Å². The number of carbonyl (C=O) groups is 2. The quantitative estimate of drug-likeness (QED) is 0.320. The number of carboxylic acids is 2. The Morgan fingerprint density at radius 1 is 0.889 bits per heavy atom. The van der Waals surface area contributed by atoms with Crippen molar-refractivity contribution in [3.8, 4) is 28.7 Å². The average molecular weight is 481 g/mol. The number of ether oxygens (including phenoxy) is 1. The van der Waals surface area contributed by atoms with Gasteiger partial charge in [0.05, 0.1) is 22.2 Å². The fourth-order valence-corrected chi connectivity index (χ4v) is 3.78. The summed E-state index contributed by atoms with van der Waals surface area (Å²) in [7, 11) is 0. The summed E-state index contributed by atoms with van der Waals surface area (Å²) in [5.41, 5.74) is 3.53. The van der Waals surface area contributed by atoms with E-state index in [2.05, 4.69) is 15.2 Å². The molecular formula is C27H19N3O6. The van der Waals surface area contributed by atoms with E-state index < -0.39 is 11.9 Å². The Balaban J connectivity index is 1.35. The van der Waals surface area contributed by atoms with Crippen LogP contribution in [0.1, 0.15) is 32.0 Å². The molecule has 3 aromatic carbocycles. The Kier molecular flexibility index (Phi) is 5.87. The van der Waals surface area contributed by atoms with E-state index in [0.717, 1.165) is 11.3 Å². The van der Waals surface area contributed by atoms with Gasteiger partial charge >= 0.3 is 11.9 Å². The molecule has 0 aliphatic rings. The van der Waals surface area contributed by atoms with Gasteiger partial charge in [-0.2, -0.15) is 0 Å². The minimum atomic E-state index is -1.08. The number of benzene rings is 3. The van der Waals surface area contributed by atoms with Gasteiger partial charge in [-0.3, -0.25) is 4.98 Å². The van der Waals surface area contributed by atoms with Gasteiger partial charge in [0.1, 0.15) is 12.4 Å². The van der Waals surface area contributed by atoms with E-state index in [4.69, 9.17) is 9.15 Å². The average Bonchev–Trinajstić information content (AvgIpc) is 3.37. The lowest BCUT2D eigenvalue weighted by Crippen LogP contribution is -2.00. The summed E-state index contributed by atoms with van der Waals surface area (Å²) in [4.78, 5) is 27.3. The van der Waals surface area contributed by atoms with E-state index in [9.17, 15) is 19.8 Å². The van der Waals surface area contributed by atoms with Crippen LogP contribution in [0.4, 0.5) is 0 Å². The molecular weight excluding hydrogens is 462 g/mol. The van der Waals surface area contributed by atoms with E-state index in [1.54, 1.807) is 48.5 Å². The van der Waals surface area contributed by atoms with Crippen molar-refractivity contribution >= 4 is 22.8 Å². The lowest BCUT2D eigenvalue weighted by atomic mass is 10.1. The second-order valence-electron chi connectivity index (χ2n) is 8.05. The predicted molar refractivity (Wildman–Crippen MR) is 130 cm³/mol. The number of hydrogen-bond donors (Lipinski definition) is 2. The zero-order valence-electron chi connectivity index (χ0n) is 19.0. The van der Waals surface area contributed by atoms with Gasteiger partial charge in [0.2, 0.25) is 11.8 Å². The van der Waals surface area contributed by atoms with Crippen molar-refractivity contribution in [1.82, 2.24) is 15.2 Å². The first-order valence-corrected chi connectivity index (χ1v) is 10.9. The summed E-state index contributed by atoms with van der Waals surface area (Å²) in [6.07, 6.45) is 0. The zero-order chi connectivity index (χ0) is 25.2. The minimum Gasteiger partial charge on any atom is -0.488 e. The van der Waals surface area contributed by atoms with Crippen molar-refractivity contribution in [2.24, 2.45) is 0 Å². The molecule has 0 saturated heterocycles. The molecule has 9 nitrogen and oxygen atoms in total. The summed E-state index contributed by atoms with van der Waals surface area (Å²) >= 11 is 0. The molecule has 0 atom stereocenters. The van der Waals surface area contributed by atoms with Gasteiger partial charge in [0.25, 0.3) is 0 Å². The van der Waals surface area contributed by atoms with E-state index in [0.29, 0.717) is 27.8 Å². The molecule has 0 bridgehead atoms. The van der Waals surface area contributed by atoms with Crippen molar-refractivity contribution in [1.29, 1.82) is 0 Å². The molecule has 0 fully saturated rings. The van der Waals surface area contributed by atoms with Gasteiger partial charge in [-0.1, -0.05) is 24.3 Å². The fourth-order valence-electron chi connectivity index (χ4n) is 3.78. The highest BCUT2D eigenvalue weighted by atomic mass is 16.5. The van der Waals surface area contributed by atoms with Gasteiger partial charge in [0, 0.05) is 22.7 Å². The highest BCUT2D eigenvalue weighted by molar-refractivity contribution is 5.96. The molecule has 2 aromatic heterocycles. The summed E-state index contributed by atoms with van der Waals surface area (Å²) in [5.74, 6) is -1.17. The second-order valence-corrected chi connectivity index (χ2v) is 8.05. The highest BCUT2D eigenvalue weighted by Crippen LogP contribution is 2.29. The third kappa shape index (κ3) is 4.49. The highest BCUT2D eigenvalue weighted by Gasteiger charge is 2.17. The Morgan fingerprint density at radius 3 is 2.39 bits per heavy atom. The minimum absolute atomic E-state index is 0.0783. The fraction of sp³-hybridized carbons (Fsp3) is 0.0741. The third-order valence-electron chi connectivity index (χ3n) is 5.55. The first kappa shape index (κ1) is 22.7. The number of aromatic nitrogens is 3. The Hall–Kier alpha value is -5.05. The van der Waals surface area contributed by atoms with E-state index in [1.165, 1.54) is 12.1 Å². The van der Waals surface area contributed by atoms with Crippen LogP contribution in [0.2, 0.25) is 0 Å². The van der Waals surface area contributed by atoms with Crippen LogP contribution in [0.25, 0.3) is 33.8 Å². The molecule has 0 amide bonds. The van der Waals surface area contributed by atoms with Crippen LogP contribution in [-0.4, -0.2) is 37.3 Å². The Bertz CT molecular complexity index is 1610. The van der Waals surface area contributed by atoms with Gasteiger partial charge in [-0.25, -0.2) is 9.59 Å². The Morgan fingerprint density at radius 2 is 1.64 bits per heavy atom. The smallest absolute Gasteiger partial charge is 0.336 e. The summed E-state index contributed by atoms with van der Waals surface area (Å²) in [5, 5.41) is 27.4. The molecule has 36 heavy (non-hydrogen) atoms. The van der Waals surface area contributed by atoms with Crippen molar-refractivity contribution in [3.05, 3.63) is 95.2 Å². The summed E-state index contributed by atoms with van der Waals surface area (Å²) in [6, 6.07) is 20.3. The SMILES string of the molecule is Cc1cc(OCc2ccc(-c3nnc(-c4ccccc4C(=O)O)o3)cc2)c2cc(C(=O)O)ccc2n1. The van der Waals surface area contributed by atoms with Crippen LogP contribution in [0.5, 0.6) is 5.75 Å². The molecule has 5 aromatic rings. The molecule has 0 aliphatic heterocycles. The molecule has 0 saturated carbocycles. The molecule has 2 heterocycles. The maximum atomic E-state index is 11.5. The molecule has 0 aliphatic carbocycles. The van der Waals surface area contributed by atoms with Gasteiger partial charge in [-0.05, 0) is 55.0 Å². The number of nitrogens with zero attached hydrogens (tertiary/aromatic N) is 3. The lowest BCUT2D eigenvalue weighted by Gasteiger charge is -2.11. The van der Waals surface area contributed by atoms with Crippen LogP contribution in [-0.2, 0) is 6.61 Å². The van der Waals surface area contributed by atoms with Crippen LogP contribution < -0.4 is 4.74 Å². The van der Waals surface area contributed by atoms with Gasteiger partial charge < -0.3 is 19.4 Å². The first-order chi connectivity index (χ1) is 17.4. The standard InChI is InChI=1S/C27H19N3O6/c1-15-12-23(21-13-18(26(31)32)10-11-22(21)28-15)35-14-16-6-8-17(9-7-16)24-29-30-25(36-24)19-4-2-3-5-20(19)27(33)34/h2-13H,14H2,1H3,(H,31,32)(H,33,34). The molecule has 0 spiro atoms. The molecule has 5 rings (SSSR count). The second kappa shape index (κ2) is 9.30. The van der Waals surface area contributed by atoms with Crippen molar-refractivity contribution in [2.75, 3.05) is 0 Å². The number of pyridine rings is 1. The van der Waals surface area contributed by atoms with E-state index in [1.807, 2.05) is 19.1 Å². The zero-order valence-corrected chi connectivity index (χ0v) is 19.0. The third-order valence-corrected chi connectivity index (χ3v) is 5.55. The lowest BCUT2D eigenvalue weighted by molar-refractivity contribution is 0.0686. The van der Waals surface area contributed by atoms with Crippen molar-refractivity contribution in [2.45, 2.75) is 13.5 Å². The number of aryl methyl sites for hydroxylation is 1. The molecule has 9 heteroatoms.